The third-order valence-electron chi connectivity index (χ3n) is 2.52. The molecule has 0 bridgehead atoms. The van der Waals surface area contributed by atoms with Crippen LogP contribution in [0, 0.1) is 5.82 Å². The van der Waals surface area contributed by atoms with Gasteiger partial charge in [0.25, 0.3) is 0 Å². The number of benzene rings is 1. The Hall–Kier alpha value is -1.18. The number of nitrogens with zero attached hydrogens (tertiary/aromatic N) is 3. The summed E-state index contributed by atoms with van der Waals surface area (Å²) in [7, 11) is 0. The summed E-state index contributed by atoms with van der Waals surface area (Å²) in [6.45, 7) is 0.527. The summed E-state index contributed by atoms with van der Waals surface area (Å²) >= 11 is 10.5. The fourth-order valence-electron chi connectivity index (χ4n) is 1.63. The van der Waals surface area contributed by atoms with Crippen LogP contribution < -0.4 is 5.32 Å². The Balaban J connectivity index is 1.79. The Kier molecular flexibility index (Phi) is 3.42. The third kappa shape index (κ3) is 2.58. The summed E-state index contributed by atoms with van der Waals surface area (Å²) in [4.78, 5) is 5.07. The Morgan fingerprint density at radius 3 is 3.11 bits per heavy atom. The van der Waals surface area contributed by atoms with Crippen molar-refractivity contribution in [2.24, 2.45) is 0 Å². The van der Waals surface area contributed by atoms with Crippen LogP contribution in [0.5, 0.6) is 0 Å². The molecular formula is C11H7BrClFN4S. The molecule has 1 aromatic carbocycles. The lowest BCUT2D eigenvalue weighted by Crippen LogP contribution is -2.03. The van der Waals surface area contributed by atoms with E-state index in [4.69, 9.17) is 11.6 Å². The number of hydrogen-bond donors (Lipinski definition) is 1. The van der Waals surface area contributed by atoms with E-state index in [1.165, 1.54) is 17.4 Å². The van der Waals surface area contributed by atoms with E-state index in [-0.39, 0.29) is 5.02 Å². The first-order valence-corrected chi connectivity index (χ1v) is 7.30. The zero-order valence-electron chi connectivity index (χ0n) is 9.40. The predicted molar refractivity (Wildman–Crippen MR) is 77.3 cm³/mol. The zero-order chi connectivity index (χ0) is 13.4. The summed E-state index contributed by atoms with van der Waals surface area (Å²) in [5.41, 5.74) is 1.66. The molecule has 0 spiro atoms. The van der Waals surface area contributed by atoms with Gasteiger partial charge in [-0.3, -0.25) is 0 Å². The minimum absolute atomic E-state index is 0.0971. The molecule has 1 N–H and O–H groups in total. The van der Waals surface area contributed by atoms with Crippen LogP contribution >= 0.6 is 38.9 Å². The normalized spacial score (nSPS) is 11.1. The van der Waals surface area contributed by atoms with Crippen molar-refractivity contribution in [3.05, 3.63) is 44.8 Å². The number of hydrogen-bond acceptors (Lipinski definition) is 4. The molecule has 2 aromatic heterocycles. The molecule has 0 fully saturated rings. The smallest absolute Gasteiger partial charge is 0.213 e. The van der Waals surface area contributed by atoms with Crippen LogP contribution in [0.15, 0.2) is 28.3 Å². The molecule has 0 saturated heterocycles. The summed E-state index contributed by atoms with van der Waals surface area (Å²) < 4.78 is 15.6. The predicted octanol–water partition coefficient (Wildman–Crippen LogP) is 3.96. The summed E-state index contributed by atoms with van der Waals surface area (Å²) in [6, 6.07) is 4.51. The number of halogens is 3. The van der Waals surface area contributed by atoms with Gasteiger partial charge in [0, 0.05) is 5.69 Å². The molecule has 0 aliphatic carbocycles. The van der Waals surface area contributed by atoms with E-state index in [1.54, 1.807) is 22.8 Å². The van der Waals surface area contributed by atoms with Crippen molar-refractivity contribution in [2.45, 2.75) is 6.54 Å². The molecule has 98 valence electrons. The molecular weight excluding hydrogens is 355 g/mol. The second-order valence-corrected chi connectivity index (χ2v) is 6.42. The van der Waals surface area contributed by atoms with Crippen LogP contribution in [0.25, 0.3) is 4.96 Å². The fraction of sp³-hybridized carbons (Fsp3) is 0.0909. The van der Waals surface area contributed by atoms with Crippen LogP contribution in [-0.4, -0.2) is 14.6 Å². The Labute approximate surface area is 125 Å². The van der Waals surface area contributed by atoms with E-state index in [2.05, 4.69) is 31.3 Å². The first kappa shape index (κ1) is 12.8. The maximum Gasteiger partial charge on any atom is 0.213 e. The molecule has 0 radical (unpaired) electrons. The largest absolute Gasteiger partial charge is 0.379 e. The topological polar surface area (TPSA) is 42.2 Å². The first-order chi connectivity index (χ1) is 9.13. The zero-order valence-corrected chi connectivity index (χ0v) is 12.6. The van der Waals surface area contributed by atoms with Crippen molar-refractivity contribution in [1.82, 2.24) is 14.6 Å². The van der Waals surface area contributed by atoms with Gasteiger partial charge in [-0.15, -0.1) is 5.10 Å². The number of rotatable bonds is 3. The number of anilines is 1. The van der Waals surface area contributed by atoms with Gasteiger partial charge in [0.1, 0.15) is 5.82 Å². The second kappa shape index (κ2) is 5.07. The highest BCUT2D eigenvalue weighted by atomic mass is 79.9. The van der Waals surface area contributed by atoms with E-state index in [0.29, 0.717) is 6.54 Å². The number of aromatic nitrogens is 3. The maximum atomic E-state index is 13.0. The Morgan fingerprint density at radius 2 is 2.32 bits per heavy atom. The minimum Gasteiger partial charge on any atom is -0.379 e. The van der Waals surface area contributed by atoms with Crippen molar-refractivity contribution in [3.8, 4) is 0 Å². The molecule has 0 unspecified atom stereocenters. The number of fused-ring (bicyclic) bond motifs is 1. The van der Waals surface area contributed by atoms with E-state index in [0.717, 1.165) is 20.3 Å². The Bertz CT molecular complexity index is 741. The van der Waals surface area contributed by atoms with Crippen molar-refractivity contribution in [2.75, 3.05) is 5.32 Å². The number of imidazole rings is 1. The average Bonchev–Trinajstić information content (AvgIpc) is 2.90. The van der Waals surface area contributed by atoms with Crippen LogP contribution in [0.4, 0.5) is 10.1 Å². The molecule has 19 heavy (non-hydrogen) atoms. The highest BCUT2D eigenvalue weighted by molar-refractivity contribution is 9.11. The van der Waals surface area contributed by atoms with Gasteiger partial charge in [0.05, 0.1) is 23.5 Å². The molecule has 0 aliphatic heterocycles. The molecule has 8 heteroatoms. The van der Waals surface area contributed by atoms with Crippen molar-refractivity contribution < 1.29 is 4.39 Å². The van der Waals surface area contributed by atoms with E-state index in [9.17, 15) is 4.39 Å². The first-order valence-electron chi connectivity index (χ1n) is 5.31. The summed E-state index contributed by atoms with van der Waals surface area (Å²) in [6.07, 6.45) is 1.75. The van der Waals surface area contributed by atoms with Gasteiger partial charge in [-0.2, -0.15) is 0 Å². The molecule has 0 amide bonds. The van der Waals surface area contributed by atoms with Crippen molar-refractivity contribution in [1.29, 1.82) is 0 Å². The highest BCUT2D eigenvalue weighted by Crippen LogP contribution is 2.22. The van der Waals surface area contributed by atoms with Crippen molar-refractivity contribution in [3.63, 3.8) is 0 Å². The lowest BCUT2D eigenvalue weighted by Gasteiger charge is -2.05. The van der Waals surface area contributed by atoms with Crippen LogP contribution in [0.1, 0.15) is 5.69 Å². The molecule has 3 aromatic rings. The third-order valence-corrected chi connectivity index (χ3v) is 4.17. The van der Waals surface area contributed by atoms with Crippen molar-refractivity contribution >= 4 is 49.5 Å². The molecule has 2 heterocycles. The van der Waals surface area contributed by atoms with Gasteiger partial charge >= 0.3 is 0 Å². The van der Waals surface area contributed by atoms with Gasteiger partial charge in [-0.1, -0.05) is 22.9 Å². The monoisotopic (exact) mass is 360 g/mol. The molecule has 0 saturated carbocycles. The van der Waals surface area contributed by atoms with E-state index >= 15 is 0 Å². The molecule has 4 nitrogen and oxygen atoms in total. The van der Waals surface area contributed by atoms with Crippen LogP contribution in [0.2, 0.25) is 5.02 Å². The highest BCUT2D eigenvalue weighted by Gasteiger charge is 2.08. The van der Waals surface area contributed by atoms with Gasteiger partial charge in [-0.05, 0) is 34.1 Å². The molecule has 0 aliphatic rings. The minimum atomic E-state index is -0.428. The molecule has 3 rings (SSSR count). The van der Waals surface area contributed by atoms with Crippen LogP contribution in [-0.2, 0) is 6.54 Å². The second-order valence-electron chi connectivity index (χ2n) is 3.78. The van der Waals surface area contributed by atoms with Gasteiger partial charge in [0.15, 0.2) is 3.92 Å². The van der Waals surface area contributed by atoms with E-state index in [1.807, 2.05) is 0 Å². The lowest BCUT2D eigenvalue weighted by atomic mass is 10.3. The van der Waals surface area contributed by atoms with Gasteiger partial charge in [-0.25, -0.2) is 13.9 Å². The fourth-order valence-corrected chi connectivity index (χ4v) is 3.03. The SMILES string of the molecule is Fc1ccc(NCc2cnc3sc(Br)nn23)cc1Cl. The maximum absolute atomic E-state index is 13.0. The summed E-state index contributed by atoms with van der Waals surface area (Å²) in [5, 5.41) is 7.53. The molecule has 0 atom stereocenters. The quantitative estimate of drug-likeness (QED) is 0.768. The lowest BCUT2D eigenvalue weighted by molar-refractivity contribution is 0.628. The van der Waals surface area contributed by atoms with E-state index < -0.39 is 5.82 Å². The standard InChI is InChI=1S/C11H7BrClFN4S/c12-10-17-18-7(5-16-11(18)19-10)4-15-6-1-2-9(14)8(13)3-6/h1-3,5,15H,4H2. The van der Waals surface area contributed by atoms with Gasteiger partial charge in [0.2, 0.25) is 4.96 Å². The average molecular weight is 362 g/mol. The summed E-state index contributed by atoms with van der Waals surface area (Å²) in [5.74, 6) is -0.428. The van der Waals surface area contributed by atoms with Crippen LogP contribution in [0.3, 0.4) is 0 Å². The van der Waals surface area contributed by atoms with Gasteiger partial charge < -0.3 is 5.32 Å². The Morgan fingerprint density at radius 1 is 1.47 bits per heavy atom. The number of nitrogens with one attached hydrogen (secondary N) is 1.